The maximum atomic E-state index is 12.0. The Labute approximate surface area is 110 Å². The van der Waals surface area contributed by atoms with Crippen molar-refractivity contribution in [2.45, 2.75) is 17.9 Å². The number of rotatable bonds is 3. The third kappa shape index (κ3) is 2.90. The van der Waals surface area contributed by atoms with Gasteiger partial charge in [-0.3, -0.25) is 4.79 Å². The Morgan fingerprint density at radius 2 is 2.06 bits per heavy atom. The first-order chi connectivity index (χ1) is 8.18. The van der Waals surface area contributed by atoms with E-state index in [1.165, 1.54) is 0 Å². The smallest absolute Gasteiger partial charge is 0.252 e. The Morgan fingerprint density at radius 3 is 2.71 bits per heavy atom. The quantitative estimate of drug-likeness (QED) is 0.815. The normalized spacial score (nSPS) is 12.1. The zero-order valence-electron chi connectivity index (χ0n) is 9.38. The van der Waals surface area contributed by atoms with Crippen LogP contribution in [0.1, 0.15) is 28.2 Å². The molecule has 1 heterocycles. The van der Waals surface area contributed by atoms with Crippen molar-refractivity contribution < 1.29 is 4.79 Å². The van der Waals surface area contributed by atoms with Crippen molar-refractivity contribution in [1.29, 1.82) is 0 Å². The SMILES string of the molecule is CC(NC(=O)c1ccccc1S)c1cccs1. The van der Waals surface area contributed by atoms with Gasteiger partial charge >= 0.3 is 0 Å². The summed E-state index contributed by atoms with van der Waals surface area (Å²) in [7, 11) is 0. The van der Waals surface area contributed by atoms with Crippen LogP contribution in [0.2, 0.25) is 0 Å². The minimum Gasteiger partial charge on any atom is -0.345 e. The van der Waals surface area contributed by atoms with E-state index in [0.29, 0.717) is 10.5 Å². The second-order valence-electron chi connectivity index (χ2n) is 3.73. The summed E-state index contributed by atoms with van der Waals surface area (Å²) in [6, 6.07) is 11.3. The molecule has 1 unspecified atom stereocenters. The zero-order valence-corrected chi connectivity index (χ0v) is 11.1. The second-order valence-corrected chi connectivity index (χ2v) is 5.19. The van der Waals surface area contributed by atoms with E-state index in [1.807, 2.05) is 42.6 Å². The lowest BCUT2D eigenvalue weighted by atomic mass is 10.2. The van der Waals surface area contributed by atoms with Crippen LogP contribution in [0.5, 0.6) is 0 Å². The third-order valence-corrected chi connectivity index (χ3v) is 3.91. The first-order valence-corrected chi connectivity index (χ1v) is 6.63. The van der Waals surface area contributed by atoms with Gasteiger partial charge in [-0.1, -0.05) is 18.2 Å². The van der Waals surface area contributed by atoms with Crippen LogP contribution in [0, 0.1) is 0 Å². The number of benzene rings is 1. The number of carbonyl (C=O) groups excluding carboxylic acids is 1. The van der Waals surface area contributed by atoms with Crippen LogP contribution < -0.4 is 5.32 Å². The molecule has 1 aromatic heterocycles. The van der Waals surface area contributed by atoms with Crippen molar-refractivity contribution in [2.24, 2.45) is 0 Å². The summed E-state index contributed by atoms with van der Waals surface area (Å²) in [4.78, 5) is 13.9. The van der Waals surface area contributed by atoms with Crippen molar-refractivity contribution in [3.8, 4) is 0 Å². The van der Waals surface area contributed by atoms with Crippen LogP contribution in [0.25, 0.3) is 0 Å². The summed E-state index contributed by atoms with van der Waals surface area (Å²) in [5.41, 5.74) is 0.610. The predicted octanol–water partition coefficient (Wildman–Crippen LogP) is 3.53. The van der Waals surface area contributed by atoms with Gasteiger partial charge in [0.25, 0.3) is 5.91 Å². The third-order valence-electron chi connectivity index (χ3n) is 2.47. The number of nitrogens with one attached hydrogen (secondary N) is 1. The van der Waals surface area contributed by atoms with Crippen LogP contribution in [0.3, 0.4) is 0 Å². The van der Waals surface area contributed by atoms with Crippen molar-refractivity contribution in [1.82, 2.24) is 5.32 Å². The summed E-state index contributed by atoms with van der Waals surface area (Å²) in [6.45, 7) is 1.98. The largest absolute Gasteiger partial charge is 0.345 e. The standard InChI is InChI=1S/C13H13NOS2/c1-9(12-7-4-8-17-12)14-13(15)10-5-2-3-6-11(10)16/h2-9,16H,1H3,(H,14,15). The molecule has 1 atom stereocenters. The predicted molar refractivity (Wildman–Crippen MR) is 73.9 cm³/mol. The highest BCUT2D eigenvalue weighted by Crippen LogP contribution is 2.20. The highest BCUT2D eigenvalue weighted by atomic mass is 32.1. The fraction of sp³-hybridized carbons (Fsp3) is 0.154. The van der Waals surface area contributed by atoms with E-state index in [4.69, 9.17) is 0 Å². The van der Waals surface area contributed by atoms with Crippen LogP contribution in [-0.4, -0.2) is 5.91 Å². The Kier molecular flexibility index (Phi) is 3.86. The molecule has 0 spiro atoms. The molecule has 0 aliphatic rings. The molecule has 2 nitrogen and oxygen atoms in total. The number of hydrogen-bond donors (Lipinski definition) is 2. The molecule has 0 saturated carbocycles. The van der Waals surface area contributed by atoms with Gasteiger partial charge in [-0.2, -0.15) is 0 Å². The van der Waals surface area contributed by atoms with Crippen LogP contribution in [0.4, 0.5) is 0 Å². The van der Waals surface area contributed by atoms with Crippen LogP contribution in [0.15, 0.2) is 46.7 Å². The van der Waals surface area contributed by atoms with Crippen molar-refractivity contribution in [3.63, 3.8) is 0 Å². The van der Waals surface area contributed by atoms with Gasteiger partial charge in [-0.25, -0.2) is 0 Å². The number of carbonyl (C=O) groups is 1. The molecule has 2 rings (SSSR count). The minimum atomic E-state index is -0.0866. The molecular formula is C13H13NOS2. The summed E-state index contributed by atoms with van der Waals surface area (Å²) in [5.74, 6) is -0.0866. The fourth-order valence-corrected chi connectivity index (χ4v) is 2.55. The van der Waals surface area contributed by atoms with E-state index in [0.717, 1.165) is 4.88 Å². The number of hydrogen-bond acceptors (Lipinski definition) is 3. The summed E-state index contributed by atoms with van der Waals surface area (Å²) in [5, 5.41) is 4.97. The minimum absolute atomic E-state index is 0.0236. The average Bonchev–Trinajstić information content (AvgIpc) is 2.82. The molecule has 88 valence electrons. The Bertz CT molecular complexity index is 508. The molecule has 4 heteroatoms. The molecule has 0 bridgehead atoms. The molecule has 0 saturated heterocycles. The number of thiophene rings is 1. The van der Waals surface area contributed by atoms with Crippen molar-refractivity contribution in [3.05, 3.63) is 52.2 Å². The molecule has 0 aliphatic carbocycles. The van der Waals surface area contributed by atoms with Gasteiger partial charge in [0, 0.05) is 9.77 Å². The average molecular weight is 263 g/mol. The maximum Gasteiger partial charge on any atom is 0.252 e. The Hall–Kier alpha value is -1.26. The molecule has 0 fully saturated rings. The van der Waals surface area contributed by atoms with E-state index < -0.39 is 0 Å². The van der Waals surface area contributed by atoms with Gasteiger partial charge < -0.3 is 5.32 Å². The zero-order chi connectivity index (χ0) is 12.3. The molecule has 2 aromatic rings. The second kappa shape index (κ2) is 5.38. The van der Waals surface area contributed by atoms with E-state index in [1.54, 1.807) is 17.4 Å². The van der Waals surface area contributed by atoms with Crippen LogP contribution in [-0.2, 0) is 0 Å². The highest BCUT2D eigenvalue weighted by Gasteiger charge is 2.13. The summed E-state index contributed by atoms with van der Waals surface area (Å²) >= 11 is 5.92. The van der Waals surface area contributed by atoms with Gasteiger partial charge in [-0.15, -0.1) is 24.0 Å². The molecule has 1 amide bonds. The lowest BCUT2D eigenvalue weighted by Crippen LogP contribution is -2.26. The van der Waals surface area contributed by atoms with Gasteiger partial charge in [0.05, 0.1) is 11.6 Å². The van der Waals surface area contributed by atoms with Crippen molar-refractivity contribution >= 4 is 29.9 Å². The lowest BCUT2D eigenvalue weighted by Gasteiger charge is -2.13. The molecule has 1 aromatic carbocycles. The van der Waals surface area contributed by atoms with Gasteiger partial charge in [0.2, 0.25) is 0 Å². The molecule has 1 N–H and O–H groups in total. The monoisotopic (exact) mass is 263 g/mol. The maximum absolute atomic E-state index is 12.0. The first-order valence-electron chi connectivity index (χ1n) is 5.30. The summed E-state index contributed by atoms with van der Waals surface area (Å²) in [6.07, 6.45) is 0. The molecule has 0 radical (unpaired) electrons. The van der Waals surface area contributed by atoms with Crippen LogP contribution >= 0.6 is 24.0 Å². The number of amides is 1. The number of thiol groups is 1. The Balaban J connectivity index is 2.10. The van der Waals surface area contributed by atoms with E-state index in [-0.39, 0.29) is 11.9 Å². The molecule has 0 aliphatic heterocycles. The van der Waals surface area contributed by atoms with Gasteiger partial charge in [-0.05, 0) is 30.5 Å². The first kappa shape index (κ1) is 12.2. The van der Waals surface area contributed by atoms with Gasteiger partial charge in [0.1, 0.15) is 0 Å². The van der Waals surface area contributed by atoms with Gasteiger partial charge in [0.15, 0.2) is 0 Å². The van der Waals surface area contributed by atoms with Crippen molar-refractivity contribution in [2.75, 3.05) is 0 Å². The lowest BCUT2D eigenvalue weighted by molar-refractivity contribution is 0.0937. The van der Waals surface area contributed by atoms with E-state index in [2.05, 4.69) is 17.9 Å². The highest BCUT2D eigenvalue weighted by molar-refractivity contribution is 7.80. The molecule has 17 heavy (non-hydrogen) atoms. The Morgan fingerprint density at radius 1 is 1.29 bits per heavy atom. The van der Waals surface area contributed by atoms with E-state index >= 15 is 0 Å². The topological polar surface area (TPSA) is 29.1 Å². The fourth-order valence-electron chi connectivity index (χ4n) is 1.55. The van der Waals surface area contributed by atoms with E-state index in [9.17, 15) is 4.79 Å². The molecular weight excluding hydrogens is 250 g/mol. The summed E-state index contributed by atoms with van der Waals surface area (Å²) < 4.78 is 0.